The smallest absolute Gasteiger partial charge is 0.164 e. The monoisotopic (exact) mass is 785 g/mol. The molecule has 1 aliphatic heterocycles. The second kappa shape index (κ2) is 14.5. The topological polar surface area (TPSA) is 49.7 Å². The molecule has 2 aromatic rings. The fourth-order valence-electron chi connectivity index (χ4n) is 7.02. The first kappa shape index (κ1) is 36.9. The summed E-state index contributed by atoms with van der Waals surface area (Å²) in [6.07, 6.45) is 15.1. The van der Waals surface area contributed by atoms with Crippen molar-refractivity contribution in [2.45, 2.75) is 107 Å². The van der Waals surface area contributed by atoms with E-state index in [9.17, 15) is 9.90 Å². The Hall–Kier alpha value is -2.55. The van der Waals surface area contributed by atoms with Crippen LogP contribution in [0.4, 0.5) is 0 Å². The van der Waals surface area contributed by atoms with Gasteiger partial charge in [0.1, 0.15) is 5.76 Å². The van der Waals surface area contributed by atoms with Crippen LogP contribution in [0.25, 0.3) is 10.8 Å². The molecule has 45 heavy (non-hydrogen) atoms. The molecule has 1 heterocycles. The Morgan fingerprint density at radius 2 is 1.67 bits per heavy atom. The van der Waals surface area contributed by atoms with Gasteiger partial charge in [-0.05, 0) is 72.6 Å². The first-order valence-corrected chi connectivity index (χ1v) is 16.8. The number of allylic oxidation sites excluding steroid dienone is 7. The van der Waals surface area contributed by atoms with Gasteiger partial charge in [-0.1, -0.05) is 122 Å². The molecule has 0 spiro atoms. The van der Waals surface area contributed by atoms with E-state index >= 15 is 0 Å². The van der Waals surface area contributed by atoms with E-state index in [-0.39, 0.29) is 47.9 Å². The summed E-state index contributed by atoms with van der Waals surface area (Å²) in [6, 6.07) is 14.5. The van der Waals surface area contributed by atoms with Gasteiger partial charge in [0.2, 0.25) is 0 Å². The molecule has 0 aromatic heterocycles. The predicted octanol–water partition coefficient (Wildman–Crippen LogP) is 11.0. The van der Waals surface area contributed by atoms with Gasteiger partial charge in [0.15, 0.2) is 5.78 Å². The van der Waals surface area contributed by atoms with E-state index in [4.69, 9.17) is 4.99 Å². The van der Waals surface area contributed by atoms with Crippen LogP contribution in [0.15, 0.2) is 82.7 Å². The zero-order valence-corrected chi connectivity index (χ0v) is 31.6. The minimum Gasteiger partial charge on any atom is -0.512 e. The minimum atomic E-state index is -0.337. The summed E-state index contributed by atoms with van der Waals surface area (Å²) >= 11 is 0. The van der Waals surface area contributed by atoms with Gasteiger partial charge in [0.05, 0.1) is 0 Å². The van der Waals surface area contributed by atoms with Crippen LogP contribution in [0.3, 0.4) is 0 Å². The van der Waals surface area contributed by atoms with Gasteiger partial charge in [0.25, 0.3) is 0 Å². The molecule has 0 amide bonds. The maximum Gasteiger partial charge on any atom is 0.164 e. The summed E-state index contributed by atoms with van der Waals surface area (Å²) in [5.41, 5.74) is 6.16. The number of benzene rings is 2. The summed E-state index contributed by atoms with van der Waals surface area (Å²) in [6.45, 7) is 21.5. The molecule has 0 saturated heterocycles. The SMILES string of the molecule is CC(C)CC1=CC2C3C(=C1)C=CN=C3c1[c-]cc3ccccc3c1C2(C)C.CCC(C)(CC)C(=O)/C=C(\O)C(C)(CC)CC.[Ir]. The second-order valence-corrected chi connectivity index (χ2v) is 14.6. The minimum absolute atomic E-state index is 0. The zero-order valence-electron chi connectivity index (χ0n) is 29.2. The van der Waals surface area contributed by atoms with Crippen molar-refractivity contribution in [1.29, 1.82) is 0 Å². The summed E-state index contributed by atoms with van der Waals surface area (Å²) in [5, 5.41) is 12.8. The number of hydrogen-bond donors (Lipinski definition) is 1. The van der Waals surface area contributed by atoms with Gasteiger partial charge in [-0.2, -0.15) is 0 Å². The molecule has 3 aliphatic rings. The van der Waals surface area contributed by atoms with Crippen LogP contribution in [0.2, 0.25) is 0 Å². The molecule has 2 atom stereocenters. The molecule has 0 fully saturated rings. The van der Waals surface area contributed by atoms with E-state index in [0.717, 1.165) is 32.1 Å². The van der Waals surface area contributed by atoms with Crippen LogP contribution in [0, 0.1) is 34.7 Å². The molecule has 0 saturated carbocycles. The molecule has 5 rings (SSSR count). The number of hydrogen-bond acceptors (Lipinski definition) is 3. The molecule has 2 unspecified atom stereocenters. The van der Waals surface area contributed by atoms with Gasteiger partial charge >= 0.3 is 0 Å². The third-order valence-corrected chi connectivity index (χ3v) is 11.1. The normalized spacial score (nSPS) is 20.2. The first-order valence-electron chi connectivity index (χ1n) is 16.8. The van der Waals surface area contributed by atoms with Crippen molar-refractivity contribution in [2.24, 2.45) is 33.6 Å². The summed E-state index contributed by atoms with van der Waals surface area (Å²) < 4.78 is 0. The van der Waals surface area contributed by atoms with Crippen molar-refractivity contribution in [3.63, 3.8) is 0 Å². The number of rotatable bonds is 9. The largest absolute Gasteiger partial charge is 0.512 e. The van der Waals surface area contributed by atoms with Crippen LogP contribution in [-0.4, -0.2) is 16.6 Å². The Morgan fingerprint density at radius 1 is 1.04 bits per heavy atom. The molecule has 1 N–H and O–H groups in total. The number of carbonyl (C=O) groups is 1. The zero-order chi connectivity index (χ0) is 32.4. The number of nitrogens with zero attached hydrogens (tertiary/aromatic N) is 1. The van der Waals surface area contributed by atoms with Crippen molar-refractivity contribution in [3.8, 4) is 0 Å². The molecule has 3 nitrogen and oxygen atoms in total. The standard InChI is InChI=1S/C26H26N.C15H28O2.Ir/c1-16(2)13-17-14-19-11-12-27-25-21-10-9-18-7-5-6-8-20(18)24(21)26(3,4)22(15-17)23(19)25;1-7-14(5,8-2)12(16)11-13(17)15(6,9-3)10-4;/h5-9,11-12,14-16,22-23H,13H2,1-4H3;11,16H,7-10H2,1-6H3;/q-1;;/b;12-11-;. The summed E-state index contributed by atoms with van der Waals surface area (Å²) in [5.74, 6) is 1.74. The molecular formula is C41H54IrNO2-. The average molecular weight is 785 g/mol. The van der Waals surface area contributed by atoms with E-state index in [1.807, 2.05) is 47.7 Å². The quantitative estimate of drug-likeness (QED) is 0.156. The fourth-order valence-corrected chi connectivity index (χ4v) is 7.02. The third-order valence-electron chi connectivity index (χ3n) is 11.1. The Balaban J connectivity index is 0.000000270. The molecule has 245 valence electrons. The number of aliphatic hydroxyl groups excluding tert-OH is 1. The Labute approximate surface area is 286 Å². The predicted molar refractivity (Wildman–Crippen MR) is 187 cm³/mol. The maximum atomic E-state index is 12.2. The van der Waals surface area contributed by atoms with Gasteiger partial charge < -0.3 is 10.1 Å². The van der Waals surface area contributed by atoms with E-state index in [0.29, 0.717) is 17.8 Å². The fraction of sp³-hybridized carbons (Fsp3) is 0.512. The van der Waals surface area contributed by atoms with Crippen LogP contribution >= 0.6 is 0 Å². The molecule has 2 aromatic carbocycles. The van der Waals surface area contributed by atoms with Crippen LogP contribution < -0.4 is 0 Å². The Bertz CT molecular complexity index is 1540. The van der Waals surface area contributed by atoms with Crippen LogP contribution in [0.5, 0.6) is 0 Å². The number of carbonyl (C=O) groups excluding carboxylic acids is 1. The van der Waals surface area contributed by atoms with Gasteiger partial charge in [-0.3, -0.25) is 4.79 Å². The number of aliphatic hydroxyl groups is 1. The van der Waals surface area contributed by atoms with Gasteiger partial charge in [0, 0.05) is 43.2 Å². The van der Waals surface area contributed by atoms with Crippen molar-refractivity contribution < 1.29 is 30.0 Å². The summed E-state index contributed by atoms with van der Waals surface area (Å²) in [4.78, 5) is 17.0. The van der Waals surface area contributed by atoms with Crippen molar-refractivity contribution in [3.05, 3.63) is 94.9 Å². The van der Waals surface area contributed by atoms with Crippen molar-refractivity contribution in [1.82, 2.24) is 0 Å². The molecular weight excluding hydrogens is 731 g/mol. The van der Waals surface area contributed by atoms with E-state index in [2.05, 4.69) is 82.3 Å². The Kier molecular flexibility index (Phi) is 11.9. The van der Waals surface area contributed by atoms with Crippen LogP contribution in [0.1, 0.15) is 112 Å². The van der Waals surface area contributed by atoms with Crippen molar-refractivity contribution in [2.75, 3.05) is 0 Å². The number of aliphatic imine (C=N–C) groups is 1. The van der Waals surface area contributed by atoms with Crippen molar-refractivity contribution >= 4 is 22.3 Å². The average Bonchev–Trinajstić information content (AvgIpc) is 3.02. The van der Waals surface area contributed by atoms with Gasteiger partial charge in [-0.15, -0.1) is 23.3 Å². The summed E-state index contributed by atoms with van der Waals surface area (Å²) in [7, 11) is 0. The van der Waals surface area contributed by atoms with E-state index < -0.39 is 0 Å². The van der Waals surface area contributed by atoms with E-state index in [1.165, 1.54) is 44.8 Å². The van der Waals surface area contributed by atoms with Gasteiger partial charge in [-0.25, -0.2) is 0 Å². The van der Waals surface area contributed by atoms with E-state index in [1.54, 1.807) is 0 Å². The number of fused-ring (bicyclic) bond motifs is 4. The Morgan fingerprint density at radius 3 is 2.27 bits per heavy atom. The third kappa shape index (κ3) is 7.08. The second-order valence-electron chi connectivity index (χ2n) is 14.6. The molecule has 4 heteroatoms. The molecule has 1 radical (unpaired) electrons. The molecule has 2 aliphatic carbocycles. The molecule has 0 bridgehead atoms. The maximum absolute atomic E-state index is 12.2. The number of ketones is 1. The first-order chi connectivity index (χ1) is 20.8. The van der Waals surface area contributed by atoms with Crippen LogP contribution in [-0.2, 0) is 30.3 Å².